The van der Waals surface area contributed by atoms with E-state index in [0.717, 1.165) is 6.42 Å². The van der Waals surface area contributed by atoms with Crippen molar-refractivity contribution in [2.45, 2.75) is 25.5 Å². The van der Waals surface area contributed by atoms with Crippen molar-refractivity contribution in [3.63, 3.8) is 0 Å². The zero-order chi connectivity index (χ0) is 13.3. The van der Waals surface area contributed by atoms with E-state index in [1.807, 2.05) is 6.92 Å². The molecule has 0 aliphatic rings. The molecule has 2 N–H and O–H groups in total. The summed E-state index contributed by atoms with van der Waals surface area (Å²) in [6.07, 6.45) is 1.02. The Bertz CT molecular complexity index is 424. The van der Waals surface area contributed by atoms with Crippen LogP contribution in [0.1, 0.15) is 25.3 Å². The van der Waals surface area contributed by atoms with Crippen molar-refractivity contribution in [1.82, 2.24) is 0 Å². The summed E-state index contributed by atoms with van der Waals surface area (Å²) in [6, 6.07) is 8.52. The van der Waals surface area contributed by atoms with Gasteiger partial charge in [-0.3, -0.25) is 9.35 Å². The molecule has 1 aromatic rings. The van der Waals surface area contributed by atoms with Gasteiger partial charge in [-0.15, -0.1) is 0 Å². The Labute approximate surface area is 101 Å². The molecule has 0 atom stereocenters. The molecular weight excluding hydrogens is 244 g/mol. The maximum Gasteiger partial charge on any atom is 0.303 e. The van der Waals surface area contributed by atoms with E-state index in [-0.39, 0.29) is 5.75 Å². The second-order valence-electron chi connectivity index (χ2n) is 3.36. The van der Waals surface area contributed by atoms with Crippen molar-refractivity contribution < 1.29 is 22.9 Å². The van der Waals surface area contributed by atoms with Gasteiger partial charge < -0.3 is 5.11 Å². The van der Waals surface area contributed by atoms with E-state index in [9.17, 15) is 13.2 Å². The van der Waals surface area contributed by atoms with Gasteiger partial charge in [-0.05, 0) is 12.0 Å². The Hall–Kier alpha value is -1.40. The molecule has 6 heteroatoms. The maximum atomic E-state index is 10.4. The fourth-order valence-electron chi connectivity index (χ4n) is 0.999. The highest BCUT2D eigenvalue weighted by molar-refractivity contribution is 7.85. The summed E-state index contributed by atoms with van der Waals surface area (Å²) in [5.41, 5.74) is 0.593. The predicted octanol–water partition coefficient (Wildman–Crippen LogP) is 1.95. The highest BCUT2D eigenvalue weighted by atomic mass is 32.2. The van der Waals surface area contributed by atoms with E-state index < -0.39 is 16.1 Å². The highest BCUT2D eigenvalue weighted by Crippen LogP contribution is 2.02. The first kappa shape index (κ1) is 15.6. The molecule has 1 aromatic carbocycles. The Balaban J connectivity index is 0.000000366. The van der Waals surface area contributed by atoms with Gasteiger partial charge in [0.2, 0.25) is 0 Å². The molecule has 0 bridgehead atoms. The number of hydrogen-bond acceptors (Lipinski definition) is 3. The van der Waals surface area contributed by atoms with Crippen LogP contribution in [0.2, 0.25) is 0 Å². The summed E-state index contributed by atoms with van der Waals surface area (Å²) < 4.78 is 29.2. The van der Waals surface area contributed by atoms with Crippen LogP contribution in [0.5, 0.6) is 0 Å². The lowest BCUT2D eigenvalue weighted by Gasteiger charge is -1.95. The van der Waals surface area contributed by atoms with E-state index in [1.165, 1.54) is 0 Å². The van der Waals surface area contributed by atoms with Crippen LogP contribution in [0, 0.1) is 0 Å². The molecule has 0 aliphatic carbocycles. The number of rotatable bonds is 4. The van der Waals surface area contributed by atoms with Crippen molar-refractivity contribution in [3.8, 4) is 0 Å². The van der Waals surface area contributed by atoms with Gasteiger partial charge in [0, 0.05) is 6.42 Å². The third-order valence-electron chi connectivity index (χ3n) is 1.66. The zero-order valence-corrected chi connectivity index (χ0v) is 10.4. The lowest BCUT2D eigenvalue weighted by Crippen LogP contribution is -2.00. The zero-order valence-electron chi connectivity index (χ0n) is 9.54. The van der Waals surface area contributed by atoms with Crippen molar-refractivity contribution in [3.05, 3.63) is 35.9 Å². The molecule has 96 valence electrons. The monoisotopic (exact) mass is 260 g/mol. The Kier molecular flexibility index (Phi) is 7.16. The lowest BCUT2D eigenvalue weighted by molar-refractivity contribution is -0.137. The van der Waals surface area contributed by atoms with Crippen LogP contribution in [-0.2, 0) is 20.7 Å². The second-order valence-corrected chi connectivity index (χ2v) is 4.81. The third kappa shape index (κ3) is 10.9. The first-order valence-electron chi connectivity index (χ1n) is 5.06. The minimum Gasteiger partial charge on any atom is -0.481 e. The molecule has 0 heterocycles. The van der Waals surface area contributed by atoms with E-state index in [0.29, 0.717) is 12.0 Å². The molecular formula is C11H16O5S. The molecule has 5 nitrogen and oxygen atoms in total. The summed E-state index contributed by atoms with van der Waals surface area (Å²) in [4.78, 5) is 9.60. The number of carboxylic acid groups (broad SMARTS) is 1. The SMILES string of the molecule is CCCC(=O)O.O=S(=O)(O)Cc1ccccc1. The van der Waals surface area contributed by atoms with Gasteiger partial charge in [-0.1, -0.05) is 37.3 Å². The minimum atomic E-state index is -3.88. The van der Waals surface area contributed by atoms with Crippen LogP contribution in [0.3, 0.4) is 0 Å². The minimum absolute atomic E-state index is 0.292. The average Bonchev–Trinajstić information content (AvgIpc) is 2.17. The standard InChI is InChI=1S/C7H8O3S.C4H8O2/c8-11(9,10)6-7-4-2-1-3-5-7;1-2-3-4(5)6/h1-5H,6H2,(H,8,9,10);2-3H2,1H3,(H,5,6). The van der Waals surface area contributed by atoms with E-state index in [1.54, 1.807) is 30.3 Å². The number of hydrogen-bond donors (Lipinski definition) is 2. The number of carbonyl (C=O) groups is 1. The number of aliphatic carboxylic acids is 1. The maximum absolute atomic E-state index is 10.4. The van der Waals surface area contributed by atoms with Gasteiger partial charge in [0.25, 0.3) is 10.1 Å². The van der Waals surface area contributed by atoms with Gasteiger partial charge in [0.05, 0.1) is 0 Å². The van der Waals surface area contributed by atoms with Crippen LogP contribution in [0.15, 0.2) is 30.3 Å². The Morgan fingerprint density at radius 2 is 1.76 bits per heavy atom. The summed E-state index contributed by atoms with van der Waals surface area (Å²) in [6.45, 7) is 1.84. The third-order valence-corrected chi connectivity index (χ3v) is 2.35. The van der Waals surface area contributed by atoms with Crippen molar-refractivity contribution in [1.29, 1.82) is 0 Å². The van der Waals surface area contributed by atoms with E-state index >= 15 is 0 Å². The number of carboxylic acids is 1. The van der Waals surface area contributed by atoms with Gasteiger partial charge in [-0.2, -0.15) is 8.42 Å². The Morgan fingerprint density at radius 1 is 1.24 bits per heavy atom. The summed E-state index contributed by atoms with van der Waals surface area (Å²) >= 11 is 0. The van der Waals surface area contributed by atoms with Gasteiger partial charge in [0.15, 0.2) is 0 Å². The van der Waals surface area contributed by atoms with Crippen LogP contribution in [0.4, 0.5) is 0 Å². The molecule has 0 aliphatic heterocycles. The lowest BCUT2D eigenvalue weighted by atomic mass is 10.2. The molecule has 0 radical (unpaired) electrons. The number of benzene rings is 1. The molecule has 0 saturated carbocycles. The fourth-order valence-corrected chi connectivity index (χ4v) is 1.61. The van der Waals surface area contributed by atoms with E-state index in [2.05, 4.69) is 0 Å². The largest absolute Gasteiger partial charge is 0.481 e. The highest BCUT2D eigenvalue weighted by Gasteiger charge is 2.04. The van der Waals surface area contributed by atoms with Crippen molar-refractivity contribution >= 4 is 16.1 Å². The topological polar surface area (TPSA) is 91.7 Å². The molecule has 17 heavy (non-hydrogen) atoms. The van der Waals surface area contributed by atoms with Crippen molar-refractivity contribution in [2.24, 2.45) is 0 Å². The molecule has 0 aromatic heterocycles. The van der Waals surface area contributed by atoms with Crippen LogP contribution in [-0.4, -0.2) is 24.0 Å². The van der Waals surface area contributed by atoms with Crippen LogP contribution in [0.25, 0.3) is 0 Å². The van der Waals surface area contributed by atoms with E-state index in [4.69, 9.17) is 9.66 Å². The summed E-state index contributed by atoms with van der Waals surface area (Å²) in [7, 11) is -3.88. The molecule has 0 amide bonds. The van der Waals surface area contributed by atoms with Crippen molar-refractivity contribution in [2.75, 3.05) is 0 Å². The predicted molar refractivity (Wildman–Crippen MR) is 64.2 cm³/mol. The Morgan fingerprint density at radius 3 is 2.06 bits per heavy atom. The van der Waals surface area contributed by atoms with Gasteiger partial charge >= 0.3 is 5.97 Å². The van der Waals surface area contributed by atoms with Gasteiger partial charge in [-0.25, -0.2) is 0 Å². The molecule has 0 fully saturated rings. The van der Waals surface area contributed by atoms with Gasteiger partial charge in [0.1, 0.15) is 5.75 Å². The molecule has 0 unspecified atom stereocenters. The second kappa shape index (κ2) is 7.81. The fraction of sp³-hybridized carbons (Fsp3) is 0.364. The molecule has 0 spiro atoms. The first-order chi connectivity index (χ1) is 7.85. The first-order valence-corrected chi connectivity index (χ1v) is 6.67. The molecule has 1 rings (SSSR count). The average molecular weight is 260 g/mol. The smallest absolute Gasteiger partial charge is 0.303 e. The normalized spacial score (nSPS) is 10.2. The summed E-state index contributed by atoms with van der Waals surface area (Å²) in [5.74, 6) is -1.02. The van der Waals surface area contributed by atoms with Crippen LogP contribution < -0.4 is 0 Å². The molecule has 0 saturated heterocycles. The quantitative estimate of drug-likeness (QED) is 0.807. The summed E-state index contributed by atoms with van der Waals surface area (Å²) in [5, 5.41) is 7.91. The van der Waals surface area contributed by atoms with Crippen LogP contribution >= 0.6 is 0 Å².